The first-order valence-corrected chi connectivity index (χ1v) is 11.9. The summed E-state index contributed by atoms with van der Waals surface area (Å²) in [7, 11) is 0. The number of benzene rings is 1. The van der Waals surface area contributed by atoms with Gasteiger partial charge in [0.2, 0.25) is 0 Å². The number of tetrazole rings is 1. The Morgan fingerprint density at radius 2 is 2.06 bits per heavy atom. The highest BCUT2D eigenvalue weighted by Crippen LogP contribution is 2.31. The Balaban J connectivity index is 1.59. The molecular weight excluding hydrogens is 404 g/mol. The van der Waals surface area contributed by atoms with Crippen LogP contribution in [0.2, 0.25) is 0 Å². The van der Waals surface area contributed by atoms with Crippen molar-refractivity contribution in [2.45, 2.75) is 64.6 Å². The third-order valence-electron chi connectivity index (χ3n) is 7.03. The van der Waals surface area contributed by atoms with Gasteiger partial charge in [-0.05, 0) is 90.7 Å². The molecule has 5 rings (SSSR count). The molecule has 2 aliphatic heterocycles. The quantitative estimate of drug-likeness (QED) is 0.639. The van der Waals surface area contributed by atoms with Gasteiger partial charge >= 0.3 is 0 Å². The van der Waals surface area contributed by atoms with Crippen LogP contribution in [0.25, 0.3) is 10.9 Å². The number of ether oxygens (including phenoxy) is 1. The molecule has 2 aliphatic rings. The Morgan fingerprint density at radius 1 is 1.22 bits per heavy atom. The third kappa shape index (κ3) is 4.21. The second-order valence-corrected chi connectivity index (χ2v) is 9.30. The molecule has 0 amide bonds. The minimum atomic E-state index is -0.280. The molecular formula is C24H32N6O2. The maximum atomic E-state index is 13.3. The summed E-state index contributed by atoms with van der Waals surface area (Å²) < 4.78 is 7.69. The zero-order valence-electron chi connectivity index (χ0n) is 19.0. The second kappa shape index (κ2) is 9.11. The summed E-state index contributed by atoms with van der Waals surface area (Å²) in [6, 6.07) is 8.00. The number of piperidine rings is 1. The van der Waals surface area contributed by atoms with Crippen LogP contribution in [0.1, 0.15) is 62.5 Å². The summed E-state index contributed by atoms with van der Waals surface area (Å²) in [5.74, 6) is 1.42. The van der Waals surface area contributed by atoms with Gasteiger partial charge in [0.25, 0.3) is 5.56 Å². The summed E-state index contributed by atoms with van der Waals surface area (Å²) in [5.41, 5.74) is 2.75. The highest BCUT2D eigenvalue weighted by Gasteiger charge is 2.33. The monoisotopic (exact) mass is 436 g/mol. The molecule has 8 nitrogen and oxygen atoms in total. The standard InChI is InChI=1S/C24H32N6O2/c1-3-17-6-7-21-18(13-17)14-20(24(31)25-21)22(29-10-8-16(2)9-11-29)23-26-27-28-30(23)15-19-5-4-12-32-19/h6-7,13-14,16,19,22H,3-5,8-12,15H2,1-2H3,(H,25,31)/t19-,22+/m1/s1. The molecule has 2 aromatic heterocycles. The lowest BCUT2D eigenvalue weighted by molar-refractivity contribution is 0.0894. The highest BCUT2D eigenvalue weighted by molar-refractivity contribution is 5.80. The summed E-state index contributed by atoms with van der Waals surface area (Å²) in [6.45, 7) is 7.69. The summed E-state index contributed by atoms with van der Waals surface area (Å²) >= 11 is 0. The van der Waals surface area contributed by atoms with Crippen LogP contribution in [0.5, 0.6) is 0 Å². The molecule has 0 radical (unpaired) electrons. The van der Waals surface area contributed by atoms with Gasteiger partial charge in [-0.15, -0.1) is 5.10 Å². The lowest BCUT2D eigenvalue weighted by Gasteiger charge is -2.36. The van der Waals surface area contributed by atoms with Crippen molar-refractivity contribution in [1.82, 2.24) is 30.1 Å². The van der Waals surface area contributed by atoms with Crippen molar-refractivity contribution in [3.63, 3.8) is 0 Å². The molecule has 0 saturated carbocycles. The fourth-order valence-corrected chi connectivity index (χ4v) is 5.00. The summed E-state index contributed by atoms with van der Waals surface area (Å²) in [5, 5.41) is 13.8. The third-order valence-corrected chi connectivity index (χ3v) is 7.03. The minimum Gasteiger partial charge on any atom is -0.376 e. The maximum Gasteiger partial charge on any atom is 0.253 e. The van der Waals surface area contributed by atoms with Crippen LogP contribution in [0.15, 0.2) is 29.1 Å². The van der Waals surface area contributed by atoms with Crippen molar-refractivity contribution >= 4 is 10.9 Å². The predicted molar refractivity (Wildman–Crippen MR) is 123 cm³/mol. The van der Waals surface area contributed by atoms with Crippen molar-refractivity contribution in [3.05, 3.63) is 51.6 Å². The minimum absolute atomic E-state index is 0.0722. The van der Waals surface area contributed by atoms with E-state index >= 15 is 0 Å². The van der Waals surface area contributed by atoms with Crippen molar-refractivity contribution < 1.29 is 4.74 Å². The molecule has 0 aliphatic carbocycles. The van der Waals surface area contributed by atoms with E-state index in [9.17, 15) is 4.79 Å². The number of H-pyrrole nitrogens is 1. The van der Waals surface area contributed by atoms with Crippen LogP contribution in [-0.4, -0.2) is 55.9 Å². The van der Waals surface area contributed by atoms with Gasteiger partial charge in [0.15, 0.2) is 5.82 Å². The van der Waals surface area contributed by atoms with E-state index in [2.05, 4.69) is 51.4 Å². The zero-order chi connectivity index (χ0) is 22.1. The highest BCUT2D eigenvalue weighted by atomic mass is 16.5. The van der Waals surface area contributed by atoms with E-state index < -0.39 is 0 Å². The Labute approximate surface area is 188 Å². The van der Waals surface area contributed by atoms with Gasteiger partial charge < -0.3 is 9.72 Å². The fourth-order valence-electron chi connectivity index (χ4n) is 5.00. The SMILES string of the molecule is CCc1ccc2[nH]c(=O)c([C@@H](c3nnnn3C[C@H]3CCCO3)N3CCC(C)CC3)cc2c1. The molecule has 1 N–H and O–H groups in total. The van der Waals surface area contributed by atoms with Crippen LogP contribution in [-0.2, 0) is 17.7 Å². The lowest BCUT2D eigenvalue weighted by Crippen LogP contribution is -2.40. The second-order valence-electron chi connectivity index (χ2n) is 9.30. The lowest BCUT2D eigenvalue weighted by atomic mass is 9.95. The van der Waals surface area contributed by atoms with E-state index in [1.807, 2.05) is 16.8 Å². The molecule has 0 spiro atoms. The molecule has 1 aromatic carbocycles. The first-order valence-electron chi connectivity index (χ1n) is 11.9. The number of aryl methyl sites for hydroxylation is 1. The first-order chi connectivity index (χ1) is 15.6. The number of rotatable bonds is 6. The van der Waals surface area contributed by atoms with Crippen molar-refractivity contribution in [2.75, 3.05) is 19.7 Å². The molecule has 32 heavy (non-hydrogen) atoms. The van der Waals surface area contributed by atoms with E-state index in [0.717, 1.165) is 68.5 Å². The maximum absolute atomic E-state index is 13.3. The number of hydrogen-bond acceptors (Lipinski definition) is 6. The molecule has 0 bridgehead atoms. The van der Waals surface area contributed by atoms with Gasteiger partial charge in [-0.3, -0.25) is 9.69 Å². The fraction of sp³-hybridized carbons (Fsp3) is 0.583. The van der Waals surface area contributed by atoms with Crippen LogP contribution in [0, 0.1) is 5.92 Å². The van der Waals surface area contributed by atoms with Crippen molar-refractivity contribution in [1.29, 1.82) is 0 Å². The van der Waals surface area contributed by atoms with Gasteiger partial charge in [-0.25, -0.2) is 4.68 Å². The number of aromatic nitrogens is 5. The van der Waals surface area contributed by atoms with Crippen LogP contribution in [0.4, 0.5) is 0 Å². The molecule has 2 fully saturated rings. The number of pyridine rings is 1. The van der Waals surface area contributed by atoms with E-state index in [1.165, 1.54) is 5.56 Å². The molecule has 3 aromatic rings. The Kier molecular flexibility index (Phi) is 6.06. The molecule has 170 valence electrons. The largest absolute Gasteiger partial charge is 0.376 e. The van der Waals surface area contributed by atoms with Gasteiger partial charge in [0.1, 0.15) is 6.04 Å². The summed E-state index contributed by atoms with van der Waals surface area (Å²) in [4.78, 5) is 18.8. The van der Waals surface area contributed by atoms with Crippen LogP contribution < -0.4 is 5.56 Å². The first kappa shape index (κ1) is 21.3. The van der Waals surface area contributed by atoms with E-state index in [0.29, 0.717) is 18.0 Å². The number of nitrogens with one attached hydrogen (secondary N) is 1. The molecule has 8 heteroatoms. The number of likely N-dealkylation sites (tertiary alicyclic amines) is 1. The van der Waals surface area contributed by atoms with E-state index in [-0.39, 0.29) is 17.7 Å². The van der Waals surface area contributed by atoms with Crippen molar-refractivity contribution in [3.8, 4) is 0 Å². The van der Waals surface area contributed by atoms with Crippen molar-refractivity contribution in [2.24, 2.45) is 5.92 Å². The number of fused-ring (bicyclic) bond motifs is 1. The zero-order valence-corrected chi connectivity index (χ0v) is 19.0. The smallest absolute Gasteiger partial charge is 0.253 e. The van der Waals surface area contributed by atoms with Crippen LogP contribution in [0.3, 0.4) is 0 Å². The number of nitrogens with zero attached hydrogens (tertiary/aromatic N) is 5. The van der Waals surface area contributed by atoms with Crippen LogP contribution >= 0.6 is 0 Å². The van der Waals surface area contributed by atoms with Gasteiger partial charge in [0.05, 0.1) is 12.6 Å². The molecule has 2 saturated heterocycles. The molecule has 2 atom stereocenters. The Bertz CT molecular complexity index is 1120. The average molecular weight is 437 g/mol. The van der Waals surface area contributed by atoms with E-state index in [4.69, 9.17) is 4.74 Å². The van der Waals surface area contributed by atoms with Gasteiger partial charge in [0, 0.05) is 17.7 Å². The summed E-state index contributed by atoms with van der Waals surface area (Å²) in [6.07, 6.45) is 5.38. The normalized spacial score (nSPS) is 21.4. The number of aromatic amines is 1. The molecule has 0 unspecified atom stereocenters. The Morgan fingerprint density at radius 3 is 2.81 bits per heavy atom. The molecule has 4 heterocycles. The predicted octanol–water partition coefficient (Wildman–Crippen LogP) is 3.08. The number of hydrogen-bond donors (Lipinski definition) is 1. The van der Waals surface area contributed by atoms with E-state index in [1.54, 1.807) is 0 Å². The average Bonchev–Trinajstić information content (AvgIpc) is 3.48. The Hall–Kier alpha value is -2.58. The van der Waals surface area contributed by atoms with Gasteiger partial charge in [-0.1, -0.05) is 19.9 Å². The van der Waals surface area contributed by atoms with Gasteiger partial charge in [-0.2, -0.15) is 0 Å². The topological polar surface area (TPSA) is 88.9 Å².